The van der Waals surface area contributed by atoms with Crippen LogP contribution in [0.4, 0.5) is 8.78 Å². The molecule has 2 heterocycles. The molecule has 1 aromatic carbocycles. The summed E-state index contributed by atoms with van der Waals surface area (Å²) in [5.74, 6) is -1.61. The summed E-state index contributed by atoms with van der Waals surface area (Å²) in [5.41, 5.74) is 1.53. The molecule has 3 rings (SSSR count). The van der Waals surface area contributed by atoms with E-state index in [2.05, 4.69) is 21.7 Å². The second-order valence-corrected chi connectivity index (χ2v) is 6.56. The van der Waals surface area contributed by atoms with E-state index < -0.39 is 11.6 Å². The second kappa shape index (κ2) is 7.09. The topological polar surface area (TPSA) is 24.9 Å². The predicted octanol–water partition coefficient (Wildman–Crippen LogP) is 4.56. The van der Waals surface area contributed by atoms with Gasteiger partial charge in [0.25, 0.3) is 0 Å². The summed E-state index contributed by atoms with van der Waals surface area (Å²) in [7, 11) is 0. The van der Waals surface area contributed by atoms with E-state index >= 15 is 0 Å². The van der Waals surface area contributed by atoms with Crippen LogP contribution in [0.3, 0.4) is 0 Å². The van der Waals surface area contributed by atoms with Crippen molar-refractivity contribution in [1.82, 2.24) is 10.3 Å². The van der Waals surface area contributed by atoms with E-state index in [9.17, 15) is 8.78 Å². The molecule has 0 aliphatic rings. The molecule has 1 atom stereocenters. The van der Waals surface area contributed by atoms with Crippen molar-refractivity contribution in [3.8, 4) is 0 Å². The Kier molecular flexibility index (Phi) is 4.92. The SMILES string of the molecule is Fc1cccc(CNC(Cc2ccsc2)c2nccs2)c1F. The summed E-state index contributed by atoms with van der Waals surface area (Å²) >= 11 is 3.20. The van der Waals surface area contributed by atoms with Gasteiger partial charge in [0, 0.05) is 23.7 Å². The average molecular weight is 336 g/mol. The Morgan fingerprint density at radius 3 is 2.82 bits per heavy atom. The lowest BCUT2D eigenvalue weighted by Crippen LogP contribution is -2.23. The van der Waals surface area contributed by atoms with Crippen molar-refractivity contribution in [1.29, 1.82) is 0 Å². The summed E-state index contributed by atoms with van der Waals surface area (Å²) in [4.78, 5) is 4.34. The third kappa shape index (κ3) is 3.58. The molecule has 114 valence electrons. The van der Waals surface area contributed by atoms with Gasteiger partial charge in [-0.2, -0.15) is 11.3 Å². The van der Waals surface area contributed by atoms with Crippen LogP contribution < -0.4 is 5.32 Å². The number of rotatable bonds is 6. The number of hydrogen-bond acceptors (Lipinski definition) is 4. The largest absolute Gasteiger partial charge is 0.303 e. The van der Waals surface area contributed by atoms with Crippen LogP contribution in [0.15, 0.2) is 46.6 Å². The van der Waals surface area contributed by atoms with Crippen molar-refractivity contribution in [2.75, 3.05) is 0 Å². The third-order valence-corrected chi connectivity index (χ3v) is 4.96. The van der Waals surface area contributed by atoms with Crippen LogP contribution in [0.5, 0.6) is 0 Å². The van der Waals surface area contributed by atoms with E-state index in [0.717, 1.165) is 17.5 Å². The number of benzene rings is 1. The summed E-state index contributed by atoms with van der Waals surface area (Å²) < 4.78 is 27.0. The first-order valence-corrected chi connectivity index (χ1v) is 8.63. The Hall–Kier alpha value is -1.63. The monoisotopic (exact) mass is 336 g/mol. The molecule has 0 amide bonds. The molecule has 0 aliphatic heterocycles. The van der Waals surface area contributed by atoms with Crippen LogP contribution in [0.25, 0.3) is 0 Å². The van der Waals surface area contributed by atoms with Crippen LogP contribution in [0.1, 0.15) is 22.2 Å². The van der Waals surface area contributed by atoms with Gasteiger partial charge in [-0.3, -0.25) is 0 Å². The summed E-state index contributed by atoms with van der Waals surface area (Å²) in [6, 6.07) is 6.29. The Bertz CT molecular complexity index is 712. The number of hydrogen-bond donors (Lipinski definition) is 1. The fraction of sp³-hybridized carbons (Fsp3) is 0.188. The Balaban J connectivity index is 1.74. The zero-order valence-corrected chi connectivity index (χ0v) is 13.3. The van der Waals surface area contributed by atoms with Gasteiger partial charge in [0.2, 0.25) is 0 Å². The first-order valence-electron chi connectivity index (χ1n) is 6.81. The molecule has 0 aliphatic carbocycles. The zero-order chi connectivity index (χ0) is 15.4. The lowest BCUT2D eigenvalue weighted by Gasteiger charge is -2.16. The minimum atomic E-state index is -0.817. The number of thiophene rings is 1. The molecule has 2 aromatic heterocycles. The fourth-order valence-corrected chi connectivity index (χ4v) is 3.61. The maximum absolute atomic E-state index is 13.7. The molecule has 6 heteroatoms. The van der Waals surface area contributed by atoms with E-state index in [1.807, 2.05) is 10.8 Å². The fourth-order valence-electron chi connectivity index (χ4n) is 2.22. The van der Waals surface area contributed by atoms with Gasteiger partial charge in [-0.25, -0.2) is 13.8 Å². The van der Waals surface area contributed by atoms with Gasteiger partial charge < -0.3 is 5.32 Å². The summed E-state index contributed by atoms with van der Waals surface area (Å²) in [6.45, 7) is 0.262. The quantitative estimate of drug-likeness (QED) is 0.714. The maximum Gasteiger partial charge on any atom is 0.163 e. The summed E-state index contributed by atoms with van der Waals surface area (Å²) in [6.07, 6.45) is 2.53. The molecule has 1 N–H and O–H groups in total. The van der Waals surface area contributed by atoms with Gasteiger partial charge in [0.1, 0.15) is 5.01 Å². The highest BCUT2D eigenvalue weighted by atomic mass is 32.1. The van der Waals surface area contributed by atoms with Crippen LogP contribution in [-0.4, -0.2) is 4.98 Å². The van der Waals surface area contributed by atoms with Gasteiger partial charge >= 0.3 is 0 Å². The highest BCUT2D eigenvalue weighted by Crippen LogP contribution is 2.23. The molecule has 0 saturated heterocycles. The number of halogens is 2. The molecule has 3 aromatic rings. The van der Waals surface area contributed by atoms with Gasteiger partial charge in [-0.05, 0) is 34.9 Å². The number of thiazole rings is 1. The van der Waals surface area contributed by atoms with E-state index in [1.54, 1.807) is 34.9 Å². The normalized spacial score (nSPS) is 12.5. The minimum Gasteiger partial charge on any atom is -0.303 e. The first-order chi connectivity index (χ1) is 10.7. The van der Waals surface area contributed by atoms with Crippen LogP contribution >= 0.6 is 22.7 Å². The molecule has 0 radical (unpaired) electrons. The first kappa shape index (κ1) is 15.3. The number of nitrogens with zero attached hydrogens (tertiary/aromatic N) is 1. The van der Waals surface area contributed by atoms with Crippen molar-refractivity contribution in [3.63, 3.8) is 0 Å². The highest BCUT2D eigenvalue weighted by Gasteiger charge is 2.16. The van der Waals surface area contributed by atoms with Crippen LogP contribution in [-0.2, 0) is 13.0 Å². The lowest BCUT2D eigenvalue weighted by atomic mass is 10.1. The Morgan fingerprint density at radius 1 is 1.18 bits per heavy atom. The maximum atomic E-state index is 13.7. The second-order valence-electron chi connectivity index (χ2n) is 4.85. The van der Waals surface area contributed by atoms with E-state index in [0.29, 0.717) is 5.56 Å². The summed E-state index contributed by atoms with van der Waals surface area (Å²) in [5, 5.41) is 10.3. The molecule has 0 fully saturated rings. The average Bonchev–Trinajstić information content (AvgIpc) is 3.20. The van der Waals surface area contributed by atoms with E-state index in [-0.39, 0.29) is 12.6 Å². The van der Waals surface area contributed by atoms with Crippen molar-refractivity contribution < 1.29 is 8.78 Å². The van der Waals surface area contributed by atoms with Crippen molar-refractivity contribution in [2.24, 2.45) is 0 Å². The molecule has 1 unspecified atom stereocenters. The van der Waals surface area contributed by atoms with Crippen molar-refractivity contribution in [3.05, 3.63) is 74.4 Å². The minimum absolute atomic E-state index is 0.0164. The van der Waals surface area contributed by atoms with E-state index in [1.165, 1.54) is 11.6 Å². The van der Waals surface area contributed by atoms with Gasteiger partial charge in [-0.1, -0.05) is 12.1 Å². The number of nitrogens with one attached hydrogen (secondary N) is 1. The molecule has 0 spiro atoms. The van der Waals surface area contributed by atoms with Crippen molar-refractivity contribution in [2.45, 2.75) is 19.0 Å². The van der Waals surface area contributed by atoms with Gasteiger partial charge in [-0.15, -0.1) is 11.3 Å². The predicted molar refractivity (Wildman–Crippen MR) is 86.1 cm³/mol. The van der Waals surface area contributed by atoms with Gasteiger partial charge in [0.15, 0.2) is 11.6 Å². The smallest absolute Gasteiger partial charge is 0.163 e. The molecule has 22 heavy (non-hydrogen) atoms. The zero-order valence-electron chi connectivity index (χ0n) is 11.6. The van der Waals surface area contributed by atoms with E-state index in [4.69, 9.17) is 0 Å². The molecule has 0 bridgehead atoms. The van der Waals surface area contributed by atoms with Crippen molar-refractivity contribution >= 4 is 22.7 Å². The lowest BCUT2D eigenvalue weighted by molar-refractivity contribution is 0.476. The van der Waals surface area contributed by atoms with Gasteiger partial charge in [0.05, 0.1) is 6.04 Å². The standard InChI is InChI=1S/C16H14F2N2S2/c17-13-3-1-2-12(15(13)18)9-20-14(16-19-5-7-22-16)8-11-4-6-21-10-11/h1-7,10,14,20H,8-9H2. The Labute approximate surface area is 135 Å². The molecular formula is C16H14F2N2S2. The van der Waals surface area contributed by atoms with Crippen LogP contribution in [0, 0.1) is 11.6 Å². The molecular weight excluding hydrogens is 322 g/mol. The highest BCUT2D eigenvalue weighted by molar-refractivity contribution is 7.09. The molecule has 0 saturated carbocycles. The number of aromatic nitrogens is 1. The third-order valence-electron chi connectivity index (χ3n) is 3.34. The molecule has 2 nitrogen and oxygen atoms in total. The Morgan fingerprint density at radius 2 is 2.09 bits per heavy atom. The van der Waals surface area contributed by atoms with Crippen LogP contribution in [0.2, 0.25) is 0 Å².